The second-order valence-electron chi connectivity index (χ2n) is 6.71. The molecule has 0 aliphatic rings. The monoisotopic (exact) mass is 444 g/mol. The number of halogens is 1. The number of amides is 1. The second-order valence-corrected chi connectivity index (χ2v) is 8.82. The van der Waals surface area contributed by atoms with Crippen molar-refractivity contribution in [2.45, 2.75) is 24.8 Å². The molecule has 0 spiro atoms. The van der Waals surface area contributed by atoms with Crippen molar-refractivity contribution in [3.8, 4) is 5.75 Å². The molecule has 3 aromatic rings. The molecule has 0 radical (unpaired) electrons. The fraction of sp³-hybridized carbons (Fsp3) is 0.136. The topological polar surface area (TPSA) is 84.5 Å². The molecule has 0 saturated carbocycles. The minimum Gasteiger partial charge on any atom is -0.481 e. The number of anilines is 2. The molecular weight excluding hydrogens is 424 g/mol. The van der Waals surface area contributed by atoms with Crippen LogP contribution in [0.15, 0.2) is 77.7 Å². The van der Waals surface area contributed by atoms with Gasteiger partial charge in [-0.05, 0) is 74.0 Å². The predicted octanol–water partition coefficient (Wildman–Crippen LogP) is 4.86. The Balaban J connectivity index is 1.64. The molecule has 0 aliphatic heterocycles. The highest BCUT2D eigenvalue weighted by Crippen LogP contribution is 2.21. The van der Waals surface area contributed by atoms with Gasteiger partial charge < -0.3 is 10.1 Å². The first-order chi connectivity index (χ1) is 14.2. The Morgan fingerprint density at radius 1 is 0.967 bits per heavy atom. The molecule has 2 N–H and O–H groups in total. The molecule has 0 saturated heterocycles. The summed E-state index contributed by atoms with van der Waals surface area (Å²) in [6.45, 7) is 3.58. The van der Waals surface area contributed by atoms with Gasteiger partial charge in [0.15, 0.2) is 6.10 Å². The summed E-state index contributed by atoms with van der Waals surface area (Å²) in [5, 5.41) is 3.14. The predicted molar refractivity (Wildman–Crippen MR) is 119 cm³/mol. The number of rotatable bonds is 7. The summed E-state index contributed by atoms with van der Waals surface area (Å²) in [6, 6.07) is 19.7. The highest BCUT2D eigenvalue weighted by molar-refractivity contribution is 7.92. The van der Waals surface area contributed by atoms with Crippen molar-refractivity contribution in [2.24, 2.45) is 0 Å². The Bertz CT molecular complexity index is 1150. The van der Waals surface area contributed by atoms with E-state index in [9.17, 15) is 13.2 Å². The van der Waals surface area contributed by atoms with Gasteiger partial charge in [0.05, 0.1) is 10.6 Å². The van der Waals surface area contributed by atoms with Gasteiger partial charge in [-0.15, -0.1) is 0 Å². The lowest BCUT2D eigenvalue weighted by atomic mass is 10.2. The van der Waals surface area contributed by atoms with Crippen LogP contribution in [-0.4, -0.2) is 20.4 Å². The number of hydrogen-bond donors (Lipinski definition) is 2. The Labute approximate surface area is 180 Å². The summed E-state index contributed by atoms with van der Waals surface area (Å²) in [4.78, 5) is 12.4. The fourth-order valence-corrected chi connectivity index (χ4v) is 3.91. The minimum absolute atomic E-state index is 0.0598. The Hall–Kier alpha value is -3.03. The van der Waals surface area contributed by atoms with Gasteiger partial charge in [0, 0.05) is 10.7 Å². The van der Waals surface area contributed by atoms with Crippen LogP contribution in [-0.2, 0) is 14.8 Å². The SMILES string of the molecule is Cc1cccc(O[C@@H](C)C(=O)Nc2ccc(S(=O)(=O)Nc3cccc(Cl)c3)cc2)c1. The van der Waals surface area contributed by atoms with Gasteiger partial charge >= 0.3 is 0 Å². The summed E-state index contributed by atoms with van der Waals surface area (Å²) in [6.07, 6.45) is -0.722. The lowest BCUT2D eigenvalue weighted by Crippen LogP contribution is -2.30. The van der Waals surface area contributed by atoms with E-state index in [1.807, 2.05) is 25.1 Å². The zero-order valence-corrected chi connectivity index (χ0v) is 18.0. The number of sulfonamides is 1. The molecule has 3 rings (SSSR count). The molecule has 30 heavy (non-hydrogen) atoms. The van der Waals surface area contributed by atoms with Crippen molar-refractivity contribution < 1.29 is 17.9 Å². The van der Waals surface area contributed by atoms with Gasteiger partial charge in [-0.3, -0.25) is 9.52 Å². The third-order valence-corrected chi connectivity index (χ3v) is 5.81. The summed E-state index contributed by atoms with van der Waals surface area (Å²) in [5.41, 5.74) is 1.85. The van der Waals surface area contributed by atoms with E-state index in [4.69, 9.17) is 16.3 Å². The van der Waals surface area contributed by atoms with E-state index < -0.39 is 16.1 Å². The quantitative estimate of drug-likeness (QED) is 0.545. The molecule has 0 heterocycles. The van der Waals surface area contributed by atoms with Crippen LogP contribution in [0.1, 0.15) is 12.5 Å². The number of nitrogens with one attached hydrogen (secondary N) is 2. The molecule has 0 fully saturated rings. The highest BCUT2D eigenvalue weighted by Gasteiger charge is 2.17. The smallest absolute Gasteiger partial charge is 0.265 e. The zero-order valence-electron chi connectivity index (χ0n) is 16.4. The Morgan fingerprint density at radius 3 is 2.33 bits per heavy atom. The standard InChI is InChI=1S/C22H21ClN2O4S/c1-15-5-3-8-20(13-15)29-16(2)22(26)24-18-9-11-21(12-10-18)30(27,28)25-19-7-4-6-17(23)14-19/h3-14,16,25H,1-2H3,(H,24,26)/t16-/m0/s1. The third kappa shape index (κ3) is 5.75. The first-order valence-corrected chi connectivity index (χ1v) is 11.0. The molecule has 3 aromatic carbocycles. The van der Waals surface area contributed by atoms with E-state index in [0.29, 0.717) is 22.1 Å². The molecule has 0 aromatic heterocycles. The summed E-state index contributed by atoms with van der Waals surface area (Å²) in [5.74, 6) is 0.260. The van der Waals surface area contributed by atoms with Crippen molar-refractivity contribution in [1.29, 1.82) is 0 Å². The number of carbonyl (C=O) groups is 1. The normalized spacial score (nSPS) is 12.1. The van der Waals surface area contributed by atoms with E-state index in [-0.39, 0.29) is 10.8 Å². The first kappa shape index (κ1) is 21.7. The molecular formula is C22H21ClN2O4S. The van der Waals surface area contributed by atoms with Crippen molar-refractivity contribution in [2.75, 3.05) is 10.0 Å². The highest BCUT2D eigenvalue weighted by atomic mass is 35.5. The number of benzene rings is 3. The molecule has 0 unspecified atom stereocenters. The summed E-state index contributed by atoms with van der Waals surface area (Å²) >= 11 is 5.89. The van der Waals surface area contributed by atoms with Crippen LogP contribution in [0.3, 0.4) is 0 Å². The number of carbonyl (C=O) groups excluding carboxylic acids is 1. The second kappa shape index (κ2) is 9.19. The summed E-state index contributed by atoms with van der Waals surface area (Å²) < 4.78 is 33.2. The van der Waals surface area contributed by atoms with Gasteiger partial charge in [-0.2, -0.15) is 0 Å². The van der Waals surface area contributed by atoms with Crippen LogP contribution in [0.4, 0.5) is 11.4 Å². The molecule has 0 bridgehead atoms. The van der Waals surface area contributed by atoms with Crippen LogP contribution in [0.25, 0.3) is 0 Å². The van der Waals surface area contributed by atoms with Crippen molar-refractivity contribution in [3.05, 3.63) is 83.4 Å². The number of ether oxygens (including phenoxy) is 1. The van der Waals surface area contributed by atoms with E-state index in [2.05, 4.69) is 10.0 Å². The lowest BCUT2D eigenvalue weighted by molar-refractivity contribution is -0.122. The molecule has 156 valence electrons. The molecule has 8 heteroatoms. The van der Waals surface area contributed by atoms with E-state index in [1.165, 1.54) is 30.3 Å². The van der Waals surface area contributed by atoms with Crippen LogP contribution in [0, 0.1) is 6.92 Å². The van der Waals surface area contributed by atoms with E-state index in [0.717, 1.165) is 5.56 Å². The van der Waals surface area contributed by atoms with E-state index in [1.54, 1.807) is 31.2 Å². The Morgan fingerprint density at radius 2 is 1.67 bits per heavy atom. The van der Waals surface area contributed by atoms with Gasteiger partial charge in [-0.1, -0.05) is 29.8 Å². The van der Waals surface area contributed by atoms with Crippen LogP contribution >= 0.6 is 11.6 Å². The van der Waals surface area contributed by atoms with Crippen molar-refractivity contribution in [1.82, 2.24) is 0 Å². The molecule has 6 nitrogen and oxygen atoms in total. The van der Waals surface area contributed by atoms with Crippen molar-refractivity contribution in [3.63, 3.8) is 0 Å². The third-order valence-electron chi connectivity index (χ3n) is 4.18. The molecule has 1 amide bonds. The largest absolute Gasteiger partial charge is 0.481 e. The summed E-state index contributed by atoms with van der Waals surface area (Å²) in [7, 11) is -3.78. The van der Waals surface area contributed by atoms with Crippen LogP contribution < -0.4 is 14.8 Å². The lowest BCUT2D eigenvalue weighted by Gasteiger charge is -2.15. The number of hydrogen-bond acceptors (Lipinski definition) is 4. The average Bonchev–Trinajstić information content (AvgIpc) is 2.68. The van der Waals surface area contributed by atoms with Gasteiger partial charge in [0.25, 0.3) is 15.9 Å². The minimum atomic E-state index is -3.78. The average molecular weight is 445 g/mol. The van der Waals surface area contributed by atoms with Gasteiger partial charge in [0.2, 0.25) is 0 Å². The maximum absolute atomic E-state index is 12.5. The van der Waals surface area contributed by atoms with Crippen molar-refractivity contribution >= 4 is 38.9 Å². The molecule has 1 atom stereocenters. The number of aryl methyl sites for hydroxylation is 1. The zero-order chi connectivity index (χ0) is 21.7. The van der Waals surface area contributed by atoms with Gasteiger partial charge in [-0.25, -0.2) is 8.42 Å². The molecule has 0 aliphatic carbocycles. The van der Waals surface area contributed by atoms with Crippen LogP contribution in [0.5, 0.6) is 5.75 Å². The fourth-order valence-electron chi connectivity index (χ4n) is 2.67. The maximum Gasteiger partial charge on any atom is 0.265 e. The maximum atomic E-state index is 12.5. The van der Waals surface area contributed by atoms with E-state index >= 15 is 0 Å². The van der Waals surface area contributed by atoms with Crippen LogP contribution in [0.2, 0.25) is 5.02 Å². The van der Waals surface area contributed by atoms with Gasteiger partial charge in [0.1, 0.15) is 5.75 Å². The first-order valence-electron chi connectivity index (χ1n) is 9.15. The Kier molecular flexibility index (Phi) is 6.64.